The number of Topliss-reactive ketones (excluding diaryl/α,β-unsaturated/α-hetero) is 1. The number of hydrogen-bond acceptors (Lipinski definition) is 6. The van der Waals surface area contributed by atoms with Gasteiger partial charge in [0.15, 0.2) is 0 Å². The first-order valence-corrected chi connectivity index (χ1v) is 9.46. The van der Waals surface area contributed by atoms with Crippen LogP contribution in [0, 0.1) is 0 Å². The van der Waals surface area contributed by atoms with Crippen molar-refractivity contribution in [2.24, 2.45) is 0 Å². The van der Waals surface area contributed by atoms with E-state index >= 15 is 0 Å². The average molecular weight is 341 g/mol. The predicted octanol–water partition coefficient (Wildman–Crippen LogP) is -0.636. The van der Waals surface area contributed by atoms with Crippen molar-refractivity contribution in [2.45, 2.75) is 6.92 Å². The van der Waals surface area contributed by atoms with Crippen LogP contribution in [0.1, 0.15) is 6.92 Å². The highest BCUT2D eigenvalue weighted by molar-refractivity contribution is 7.51. The lowest BCUT2D eigenvalue weighted by Gasteiger charge is -2.21. The molecule has 0 aromatic carbocycles. The second-order valence-corrected chi connectivity index (χ2v) is 7.82. The zero-order chi connectivity index (χ0) is 16.8. The fourth-order valence-corrected chi connectivity index (χ4v) is 2.28. The first-order valence-electron chi connectivity index (χ1n) is 7.66. The van der Waals surface area contributed by atoms with Crippen LogP contribution in [0.2, 0.25) is 0 Å². The van der Waals surface area contributed by atoms with Crippen LogP contribution in [-0.2, 0) is 14.2 Å². The molecule has 1 aliphatic carbocycles. The number of carbonyl (C=O) groups excluding carboxylic acids is 2. The van der Waals surface area contributed by atoms with E-state index in [9.17, 15) is 14.2 Å². The molecule has 3 fully saturated rings. The smallest absolute Gasteiger partial charge is 0.325 e. The Bertz CT molecular complexity index is 653. The van der Waals surface area contributed by atoms with Crippen molar-refractivity contribution in [2.75, 3.05) is 45.4 Å². The Hall–Kier alpha value is -1.63. The molecule has 9 heteroatoms. The highest BCUT2D eigenvalue weighted by Crippen LogP contribution is 2.34. The van der Waals surface area contributed by atoms with Crippen LogP contribution >= 0.6 is 7.60 Å². The van der Waals surface area contributed by atoms with E-state index in [-0.39, 0.29) is 17.7 Å². The Labute approximate surface area is 134 Å². The third kappa shape index (κ3) is 3.83. The predicted molar refractivity (Wildman–Crippen MR) is 82.4 cm³/mol. The molecule has 0 aromatic heterocycles. The molecule has 4 rings (SSSR count). The van der Waals surface area contributed by atoms with E-state index in [0.29, 0.717) is 17.1 Å². The summed E-state index contributed by atoms with van der Waals surface area (Å²) in [5.74, 6) is 0.0485. The van der Waals surface area contributed by atoms with Gasteiger partial charge in [0.05, 0.1) is 5.70 Å². The highest BCUT2D eigenvalue weighted by atomic mass is 31.2. The third-order valence-electron chi connectivity index (χ3n) is 3.90. The Morgan fingerprint density at radius 3 is 1.78 bits per heavy atom. The summed E-state index contributed by atoms with van der Waals surface area (Å²) in [5.41, 5.74) is 1.89. The van der Waals surface area contributed by atoms with Gasteiger partial charge >= 0.3 is 7.60 Å². The molecule has 0 radical (unpaired) electrons. The van der Waals surface area contributed by atoms with Crippen LogP contribution in [0.5, 0.6) is 0 Å². The molecule has 3 heterocycles. The summed E-state index contributed by atoms with van der Waals surface area (Å²) in [7, 11) is -3.65. The molecule has 0 aromatic rings. The molecule has 126 valence electrons. The summed E-state index contributed by atoms with van der Waals surface area (Å²) in [6, 6.07) is 0. The van der Waals surface area contributed by atoms with E-state index in [2.05, 4.69) is 0 Å². The van der Waals surface area contributed by atoms with Crippen LogP contribution in [0.25, 0.3) is 0 Å². The van der Waals surface area contributed by atoms with Crippen molar-refractivity contribution < 1.29 is 23.9 Å². The number of ketones is 2. The first kappa shape index (κ1) is 16.2. The second-order valence-electron chi connectivity index (χ2n) is 5.86. The first-order chi connectivity index (χ1) is 10.8. The molecule has 3 saturated heterocycles. The molecule has 2 N–H and O–H groups in total. The van der Waals surface area contributed by atoms with Gasteiger partial charge in [-0.25, -0.2) is 0 Å². The van der Waals surface area contributed by atoms with Crippen LogP contribution in [0.4, 0.5) is 0 Å². The third-order valence-corrected chi connectivity index (χ3v) is 4.72. The molecular weight excluding hydrogens is 321 g/mol. The maximum atomic E-state index is 12.4. The van der Waals surface area contributed by atoms with Crippen LogP contribution in [0.15, 0.2) is 23.2 Å². The molecule has 0 atom stereocenters. The summed E-state index contributed by atoms with van der Waals surface area (Å²) in [4.78, 5) is 46.3. The minimum atomic E-state index is -3.65. The van der Waals surface area contributed by atoms with Crippen molar-refractivity contribution in [3.8, 4) is 0 Å². The molecule has 3 aliphatic heterocycles. The molecule has 0 bridgehead atoms. The van der Waals surface area contributed by atoms with Crippen LogP contribution < -0.4 is 0 Å². The SMILES string of the molecule is CCP(=O)(O)O.O=C1C=C(N2CC2)C(=O)C(N2CC2)=C1N1CC1. The van der Waals surface area contributed by atoms with Crippen molar-refractivity contribution >= 4 is 19.2 Å². The van der Waals surface area contributed by atoms with Gasteiger partial charge in [0.1, 0.15) is 11.4 Å². The molecule has 4 aliphatic rings. The zero-order valence-corrected chi connectivity index (χ0v) is 13.8. The number of hydrogen-bond donors (Lipinski definition) is 2. The Morgan fingerprint density at radius 2 is 1.39 bits per heavy atom. The number of nitrogens with zero attached hydrogens (tertiary/aromatic N) is 3. The number of carbonyl (C=O) groups is 2. The molecule has 23 heavy (non-hydrogen) atoms. The standard InChI is InChI=1S/C12H13N3O2.C2H7O3P/c16-9-7-8(13-1-2-13)12(17)11(15-5-6-15)10(9)14-3-4-14;1-2-6(3,4)5/h7H,1-6H2;2H2,1H3,(H2,3,4,5). The van der Waals surface area contributed by atoms with Gasteiger partial charge < -0.3 is 24.5 Å². The molecule has 0 saturated carbocycles. The monoisotopic (exact) mass is 341 g/mol. The maximum absolute atomic E-state index is 12.4. The fraction of sp³-hybridized carbons (Fsp3) is 0.571. The van der Waals surface area contributed by atoms with Gasteiger partial charge in [0.25, 0.3) is 0 Å². The van der Waals surface area contributed by atoms with Crippen molar-refractivity contribution in [1.29, 1.82) is 0 Å². The van der Waals surface area contributed by atoms with Crippen molar-refractivity contribution in [3.05, 3.63) is 23.2 Å². The quantitative estimate of drug-likeness (QED) is 0.396. The summed E-state index contributed by atoms with van der Waals surface area (Å²) < 4.78 is 9.69. The zero-order valence-electron chi connectivity index (χ0n) is 12.9. The molecular formula is C14H20N3O5P. The van der Waals surface area contributed by atoms with Crippen molar-refractivity contribution in [3.63, 3.8) is 0 Å². The highest BCUT2D eigenvalue weighted by Gasteiger charge is 2.43. The van der Waals surface area contributed by atoms with Crippen LogP contribution in [0.3, 0.4) is 0 Å². The lowest BCUT2D eigenvalue weighted by molar-refractivity contribution is -0.117. The van der Waals surface area contributed by atoms with E-state index in [0.717, 1.165) is 39.3 Å². The molecule has 8 nitrogen and oxygen atoms in total. The van der Waals surface area contributed by atoms with Gasteiger partial charge in [0.2, 0.25) is 11.6 Å². The van der Waals surface area contributed by atoms with E-state index in [1.165, 1.54) is 13.0 Å². The van der Waals surface area contributed by atoms with Gasteiger partial charge in [-0.2, -0.15) is 0 Å². The Morgan fingerprint density at radius 1 is 0.957 bits per heavy atom. The minimum Gasteiger partial charge on any atom is -0.365 e. The Kier molecular flexibility index (Phi) is 4.08. The van der Waals surface area contributed by atoms with Gasteiger partial charge in [-0.05, 0) is 0 Å². The van der Waals surface area contributed by atoms with E-state index in [4.69, 9.17) is 9.79 Å². The lowest BCUT2D eigenvalue weighted by atomic mass is 10.0. The molecule has 0 amide bonds. The summed E-state index contributed by atoms with van der Waals surface area (Å²) in [5, 5.41) is 0. The summed E-state index contributed by atoms with van der Waals surface area (Å²) in [6.45, 7) is 6.85. The largest absolute Gasteiger partial charge is 0.365 e. The van der Waals surface area contributed by atoms with E-state index in [1.807, 2.05) is 14.7 Å². The average Bonchev–Trinajstić information content (AvgIpc) is 3.34. The number of allylic oxidation sites excluding steroid dienone is 1. The molecule has 0 spiro atoms. The minimum absolute atomic E-state index is 0.00546. The normalized spacial score (nSPS) is 22.7. The Balaban J connectivity index is 0.000000227. The summed E-state index contributed by atoms with van der Waals surface area (Å²) in [6.07, 6.45) is 1.46. The topological polar surface area (TPSA) is 101 Å². The molecule has 0 unspecified atom stereocenters. The van der Waals surface area contributed by atoms with Gasteiger partial charge in [-0.3, -0.25) is 14.2 Å². The fourth-order valence-electron chi connectivity index (χ4n) is 2.28. The van der Waals surface area contributed by atoms with Crippen molar-refractivity contribution in [1.82, 2.24) is 14.7 Å². The van der Waals surface area contributed by atoms with Gasteiger partial charge in [-0.1, -0.05) is 6.92 Å². The van der Waals surface area contributed by atoms with E-state index in [1.54, 1.807) is 0 Å². The van der Waals surface area contributed by atoms with Gasteiger partial charge in [-0.15, -0.1) is 0 Å². The van der Waals surface area contributed by atoms with Gasteiger partial charge in [0, 0.05) is 51.5 Å². The number of rotatable bonds is 4. The lowest BCUT2D eigenvalue weighted by Crippen LogP contribution is -2.29. The van der Waals surface area contributed by atoms with Crippen LogP contribution in [-0.4, -0.2) is 81.5 Å². The van der Waals surface area contributed by atoms with E-state index < -0.39 is 7.60 Å². The second kappa shape index (κ2) is 5.78. The maximum Gasteiger partial charge on any atom is 0.325 e. The summed E-state index contributed by atoms with van der Waals surface area (Å²) >= 11 is 0.